The Balaban J connectivity index is 3.43. The van der Waals surface area contributed by atoms with Crippen LogP contribution in [0.2, 0.25) is 0 Å². The van der Waals surface area contributed by atoms with E-state index in [9.17, 15) is 36.5 Å². The zero-order valence-corrected chi connectivity index (χ0v) is 7.76. The molecule has 0 heterocycles. The first kappa shape index (κ1) is 13.3. The van der Waals surface area contributed by atoms with Crippen molar-refractivity contribution in [2.75, 3.05) is 0 Å². The summed E-state index contributed by atoms with van der Waals surface area (Å²) in [5.41, 5.74) is -4.83. The fraction of sp³-hybridized carbons (Fsp3) is 0.250. The van der Waals surface area contributed by atoms with Gasteiger partial charge in [0.2, 0.25) is 0 Å². The number of nitrogens with zero attached hydrogens (tertiary/aromatic N) is 1. The molecule has 0 spiro atoms. The fourth-order valence-electron chi connectivity index (χ4n) is 1.10. The number of hydrogen-bond acceptors (Lipinski definition) is 2. The smallest absolute Gasteiger partial charge is 0.258 e. The van der Waals surface area contributed by atoms with E-state index in [2.05, 4.69) is 0 Å². The lowest BCUT2D eigenvalue weighted by Gasteiger charge is -2.10. The third-order valence-corrected chi connectivity index (χ3v) is 1.83. The number of nitro groups is 1. The lowest BCUT2D eigenvalue weighted by molar-refractivity contribution is -0.388. The summed E-state index contributed by atoms with van der Waals surface area (Å²) in [7, 11) is 0. The van der Waals surface area contributed by atoms with Gasteiger partial charge in [-0.05, 0) is 12.1 Å². The molecule has 0 aliphatic heterocycles. The van der Waals surface area contributed by atoms with E-state index in [-0.39, 0.29) is 18.2 Å². The summed E-state index contributed by atoms with van der Waals surface area (Å²) in [6.45, 7) is 0. The molecule has 0 aliphatic rings. The number of rotatable bonds is 1. The zero-order chi connectivity index (χ0) is 13.4. The lowest BCUT2D eigenvalue weighted by atomic mass is 10.8. The van der Waals surface area contributed by atoms with Gasteiger partial charge in [-0.15, -0.1) is 0 Å². The Morgan fingerprint density at radius 1 is 1.00 bits per heavy atom. The molecule has 1 rings (SSSR count). The molecule has 94 valence electrons. The summed E-state index contributed by atoms with van der Waals surface area (Å²) in [5.74, 6) is 0. The maximum atomic E-state index is 12.3. The molecule has 3 nitrogen and oxygen atoms in total. The van der Waals surface area contributed by atoms with Crippen molar-refractivity contribution in [2.45, 2.75) is 12.4 Å². The molecule has 0 aliphatic carbocycles. The topological polar surface area (TPSA) is 43.1 Å². The maximum Gasteiger partial charge on any atom is 0.422 e. The van der Waals surface area contributed by atoms with Crippen LogP contribution in [-0.2, 0) is 12.4 Å². The SMILES string of the molecule is O=[N+]([O-])[13c]1[13cH][13c](C(F)(F)F)[13cH][13cH][13c]1C(F)(F)F. The number of alkyl halides is 6. The summed E-state index contributed by atoms with van der Waals surface area (Å²) >= 11 is 0. The van der Waals surface area contributed by atoms with E-state index < -0.39 is 34.1 Å². The van der Waals surface area contributed by atoms with Crippen LogP contribution in [-0.4, -0.2) is 4.92 Å². The standard InChI is InChI=1S/C8H3F6NO2/c9-7(10,11)4-1-2-5(8(12,13)14)6(3-4)15(16)17/h1-3H/i1+1,2+1,3+1,4+1,5+1,6+1. The molecule has 0 aromatic heterocycles. The van der Waals surface area contributed by atoms with Crippen LogP contribution in [0.3, 0.4) is 0 Å². The first-order chi connectivity index (χ1) is 7.53. The average Bonchev–Trinajstić information content (AvgIpc) is 2.14. The molecular formula is C8H3F6NO2. The van der Waals surface area contributed by atoms with Crippen molar-refractivity contribution in [1.29, 1.82) is 0 Å². The molecule has 0 unspecified atom stereocenters. The molecule has 0 saturated heterocycles. The second-order valence-electron chi connectivity index (χ2n) is 2.98. The van der Waals surface area contributed by atoms with Gasteiger partial charge in [0.1, 0.15) is 5.56 Å². The maximum absolute atomic E-state index is 12.3. The van der Waals surface area contributed by atoms with Gasteiger partial charge in [-0.3, -0.25) is 10.1 Å². The Morgan fingerprint density at radius 2 is 1.53 bits per heavy atom. The highest BCUT2D eigenvalue weighted by Gasteiger charge is 2.41. The number of hydrogen-bond donors (Lipinski definition) is 0. The molecule has 0 amide bonds. The van der Waals surface area contributed by atoms with E-state index in [1.807, 2.05) is 0 Å². The molecule has 1 aromatic rings. The van der Waals surface area contributed by atoms with Crippen molar-refractivity contribution >= 4 is 5.69 Å². The summed E-state index contributed by atoms with van der Waals surface area (Å²) in [6, 6.07) is 0.0552. The summed E-state index contributed by atoms with van der Waals surface area (Å²) < 4.78 is 73.2. The second kappa shape index (κ2) is 3.90. The van der Waals surface area contributed by atoms with Gasteiger partial charge in [-0.1, -0.05) is 0 Å². The summed E-state index contributed by atoms with van der Waals surface area (Å²) in [4.78, 5) is 8.78. The van der Waals surface area contributed by atoms with E-state index in [0.29, 0.717) is 0 Å². The van der Waals surface area contributed by atoms with E-state index >= 15 is 0 Å². The van der Waals surface area contributed by atoms with Crippen LogP contribution in [0.5, 0.6) is 0 Å². The Bertz CT molecular complexity index is 450. The van der Waals surface area contributed by atoms with Crippen LogP contribution >= 0.6 is 0 Å². The Kier molecular flexibility index (Phi) is 3.04. The van der Waals surface area contributed by atoms with E-state index in [4.69, 9.17) is 0 Å². The van der Waals surface area contributed by atoms with Gasteiger partial charge >= 0.3 is 12.4 Å². The highest BCUT2D eigenvalue weighted by atomic mass is 19.4. The van der Waals surface area contributed by atoms with Gasteiger partial charge in [0.25, 0.3) is 5.69 Å². The largest absolute Gasteiger partial charge is 0.422 e. The van der Waals surface area contributed by atoms with Crippen molar-refractivity contribution in [2.24, 2.45) is 0 Å². The van der Waals surface area contributed by atoms with Gasteiger partial charge in [0.15, 0.2) is 0 Å². The van der Waals surface area contributed by atoms with E-state index in [0.717, 1.165) is 0 Å². The predicted molar refractivity (Wildman–Crippen MR) is 43.1 cm³/mol. The van der Waals surface area contributed by atoms with Crippen molar-refractivity contribution in [3.05, 3.63) is 39.4 Å². The zero-order valence-electron chi connectivity index (χ0n) is 7.76. The minimum Gasteiger partial charge on any atom is -0.258 e. The minimum atomic E-state index is -5.08. The lowest BCUT2D eigenvalue weighted by Crippen LogP contribution is -2.12. The van der Waals surface area contributed by atoms with Crippen LogP contribution in [0.25, 0.3) is 0 Å². The normalized spacial score (nSPS) is 12.6. The van der Waals surface area contributed by atoms with Crippen molar-refractivity contribution in [3.8, 4) is 0 Å². The van der Waals surface area contributed by atoms with Crippen LogP contribution in [0, 0.1) is 10.1 Å². The number of halogens is 6. The minimum absolute atomic E-state index is 0.0426. The average molecular weight is 265 g/mol. The molecule has 0 N–H and O–H groups in total. The van der Waals surface area contributed by atoms with Crippen LogP contribution in [0.1, 0.15) is 11.1 Å². The predicted octanol–water partition coefficient (Wildman–Crippen LogP) is 3.63. The van der Waals surface area contributed by atoms with Gasteiger partial charge in [0, 0.05) is 6.07 Å². The molecule has 9 heteroatoms. The molecule has 0 atom stereocenters. The highest BCUT2D eigenvalue weighted by molar-refractivity contribution is 5.45. The Labute approximate surface area is 89.8 Å². The van der Waals surface area contributed by atoms with Crippen LogP contribution in [0.15, 0.2) is 18.2 Å². The van der Waals surface area contributed by atoms with Gasteiger partial charge in [0.05, 0.1) is 10.5 Å². The third-order valence-electron chi connectivity index (χ3n) is 1.83. The summed E-state index contributed by atoms with van der Waals surface area (Å²) in [5, 5.41) is 10.3. The molecule has 0 saturated carbocycles. The molecule has 17 heavy (non-hydrogen) atoms. The van der Waals surface area contributed by atoms with Gasteiger partial charge < -0.3 is 0 Å². The third kappa shape index (κ3) is 2.86. The number of nitro benzene ring substituents is 1. The molecule has 0 bridgehead atoms. The summed E-state index contributed by atoms with van der Waals surface area (Å²) in [6.07, 6.45) is -10.0. The highest BCUT2D eigenvalue weighted by Crippen LogP contribution is 2.39. The van der Waals surface area contributed by atoms with Crippen LogP contribution < -0.4 is 0 Å². The second-order valence-corrected chi connectivity index (χ2v) is 2.98. The number of benzene rings is 1. The fourth-order valence-corrected chi connectivity index (χ4v) is 1.10. The first-order valence-corrected chi connectivity index (χ1v) is 3.96. The molecule has 0 radical (unpaired) electrons. The first-order valence-electron chi connectivity index (χ1n) is 3.96. The van der Waals surface area contributed by atoms with Gasteiger partial charge in [-0.2, -0.15) is 26.3 Å². The molecule has 1 aromatic carbocycles. The Hall–Kier alpha value is -1.80. The Morgan fingerprint density at radius 3 is 1.88 bits per heavy atom. The van der Waals surface area contributed by atoms with Crippen molar-refractivity contribution < 1.29 is 31.3 Å². The molecular weight excluding hydrogens is 262 g/mol. The van der Waals surface area contributed by atoms with E-state index in [1.54, 1.807) is 0 Å². The van der Waals surface area contributed by atoms with Gasteiger partial charge in [-0.25, -0.2) is 0 Å². The van der Waals surface area contributed by atoms with E-state index in [1.165, 1.54) is 0 Å². The quantitative estimate of drug-likeness (QED) is 0.442. The van der Waals surface area contributed by atoms with Crippen molar-refractivity contribution in [3.63, 3.8) is 0 Å². The monoisotopic (exact) mass is 265 g/mol. The molecule has 0 fully saturated rings. The van der Waals surface area contributed by atoms with Crippen molar-refractivity contribution in [1.82, 2.24) is 0 Å². The van der Waals surface area contributed by atoms with Crippen LogP contribution in [0.4, 0.5) is 32.0 Å².